The normalized spacial score (nSPS) is 27.5. The number of amides is 1. The summed E-state index contributed by atoms with van der Waals surface area (Å²) >= 11 is 0. The summed E-state index contributed by atoms with van der Waals surface area (Å²) in [4.78, 5) is 14.5. The SMILES string of the molecule is CCn1ccc(C(=O)N2CC[C@@]3(COC)CN(S(C)(=O)=O)C[C@H]3C2)n1. The Morgan fingerprint density at radius 3 is 2.80 bits per heavy atom. The minimum atomic E-state index is -3.25. The molecule has 0 spiro atoms. The van der Waals surface area contributed by atoms with Crippen molar-refractivity contribution in [1.82, 2.24) is 19.0 Å². The molecule has 1 aromatic rings. The minimum Gasteiger partial charge on any atom is -0.384 e. The van der Waals surface area contributed by atoms with Crippen LogP contribution in [0.2, 0.25) is 0 Å². The van der Waals surface area contributed by atoms with Crippen LogP contribution in [0.5, 0.6) is 0 Å². The summed E-state index contributed by atoms with van der Waals surface area (Å²) in [5, 5.41) is 4.29. The molecule has 0 saturated carbocycles. The average molecular weight is 370 g/mol. The van der Waals surface area contributed by atoms with Crippen molar-refractivity contribution in [2.75, 3.05) is 46.2 Å². The van der Waals surface area contributed by atoms with E-state index in [1.54, 1.807) is 29.0 Å². The van der Waals surface area contributed by atoms with E-state index in [4.69, 9.17) is 4.74 Å². The zero-order valence-electron chi connectivity index (χ0n) is 15.0. The molecule has 0 aromatic carbocycles. The summed E-state index contributed by atoms with van der Waals surface area (Å²) in [5.74, 6) is -0.0100. The van der Waals surface area contributed by atoms with Crippen LogP contribution in [0, 0.1) is 11.3 Å². The van der Waals surface area contributed by atoms with E-state index in [0.717, 1.165) is 13.0 Å². The van der Waals surface area contributed by atoms with Gasteiger partial charge in [-0.2, -0.15) is 5.10 Å². The zero-order valence-corrected chi connectivity index (χ0v) is 15.8. The van der Waals surface area contributed by atoms with Gasteiger partial charge in [0.15, 0.2) is 0 Å². The molecule has 3 heterocycles. The van der Waals surface area contributed by atoms with Crippen molar-refractivity contribution in [3.63, 3.8) is 0 Å². The number of nitrogens with zero attached hydrogens (tertiary/aromatic N) is 4. The van der Waals surface area contributed by atoms with Gasteiger partial charge < -0.3 is 9.64 Å². The van der Waals surface area contributed by atoms with Gasteiger partial charge in [0, 0.05) is 51.4 Å². The van der Waals surface area contributed by atoms with Crippen LogP contribution in [0.15, 0.2) is 12.3 Å². The maximum Gasteiger partial charge on any atom is 0.274 e. The molecule has 8 nitrogen and oxygen atoms in total. The van der Waals surface area contributed by atoms with E-state index in [-0.39, 0.29) is 17.2 Å². The molecule has 1 amide bonds. The lowest BCUT2D eigenvalue weighted by Crippen LogP contribution is -2.51. The van der Waals surface area contributed by atoms with Crippen LogP contribution >= 0.6 is 0 Å². The van der Waals surface area contributed by atoms with E-state index in [0.29, 0.717) is 38.5 Å². The first-order valence-electron chi connectivity index (χ1n) is 8.56. The summed E-state index contributed by atoms with van der Waals surface area (Å²) in [6.45, 7) is 5.24. The molecule has 3 rings (SSSR count). The number of hydrogen-bond acceptors (Lipinski definition) is 5. The van der Waals surface area contributed by atoms with E-state index < -0.39 is 10.0 Å². The third kappa shape index (κ3) is 3.45. The average Bonchev–Trinajstić information content (AvgIpc) is 3.18. The van der Waals surface area contributed by atoms with Crippen LogP contribution in [-0.2, 0) is 21.3 Å². The molecule has 2 atom stereocenters. The molecule has 9 heteroatoms. The highest BCUT2D eigenvalue weighted by Gasteiger charge is 2.52. The first kappa shape index (κ1) is 18.3. The zero-order chi connectivity index (χ0) is 18.2. The van der Waals surface area contributed by atoms with Crippen molar-refractivity contribution in [2.24, 2.45) is 11.3 Å². The van der Waals surface area contributed by atoms with Gasteiger partial charge in [0.2, 0.25) is 10.0 Å². The quantitative estimate of drug-likeness (QED) is 0.743. The van der Waals surface area contributed by atoms with Gasteiger partial charge in [-0.3, -0.25) is 9.48 Å². The largest absolute Gasteiger partial charge is 0.384 e. The number of aryl methyl sites for hydroxylation is 1. The van der Waals surface area contributed by atoms with Crippen LogP contribution < -0.4 is 0 Å². The molecular weight excluding hydrogens is 344 g/mol. The molecule has 1 aromatic heterocycles. The molecule has 140 valence electrons. The highest BCUT2D eigenvalue weighted by molar-refractivity contribution is 7.88. The fourth-order valence-corrected chi connectivity index (χ4v) is 4.95. The Morgan fingerprint density at radius 2 is 2.20 bits per heavy atom. The number of sulfonamides is 1. The highest BCUT2D eigenvalue weighted by atomic mass is 32.2. The molecule has 0 aliphatic carbocycles. The third-order valence-electron chi connectivity index (χ3n) is 5.47. The van der Waals surface area contributed by atoms with Crippen molar-refractivity contribution >= 4 is 15.9 Å². The van der Waals surface area contributed by atoms with Gasteiger partial charge in [-0.05, 0) is 25.3 Å². The maximum atomic E-state index is 12.7. The van der Waals surface area contributed by atoms with E-state index in [1.165, 1.54) is 10.6 Å². The number of rotatable bonds is 5. The van der Waals surface area contributed by atoms with Gasteiger partial charge >= 0.3 is 0 Å². The molecule has 0 radical (unpaired) electrons. The van der Waals surface area contributed by atoms with Gasteiger partial charge in [-0.25, -0.2) is 12.7 Å². The number of fused-ring (bicyclic) bond motifs is 1. The highest BCUT2D eigenvalue weighted by Crippen LogP contribution is 2.44. The second-order valence-electron chi connectivity index (χ2n) is 7.11. The number of piperidine rings is 1. The molecule has 0 bridgehead atoms. The smallest absolute Gasteiger partial charge is 0.274 e. The Balaban J connectivity index is 1.78. The number of aromatic nitrogens is 2. The van der Waals surface area contributed by atoms with Crippen molar-refractivity contribution < 1.29 is 17.9 Å². The van der Waals surface area contributed by atoms with E-state index in [2.05, 4.69) is 5.10 Å². The van der Waals surface area contributed by atoms with Crippen molar-refractivity contribution in [2.45, 2.75) is 19.9 Å². The van der Waals surface area contributed by atoms with E-state index >= 15 is 0 Å². The lowest BCUT2D eigenvalue weighted by Gasteiger charge is -2.42. The molecule has 0 unspecified atom stereocenters. The fourth-order valence-electron chi connectivity index (χ4n) is 4.01. The van der Waals surface area contributed by atoms with Gasteiger partial charge in [0.05, 0.1) is 12.9 Å². The van der Waals surface area contributed by atoms with Crippen molar-refractivity contribution in [1.29, 1.82) is 0 Å². The first-order chi connectivity index (χ1) is 11.8. The Kier molecular flexibility index (Phi) is 4.91. The van der Waals surface area contributed by atoms with Crippen molar-refractivity contribution in [3.05, 3.63) is 18.0 Å². The predicted octanol–water partition coefficient (Wildman–Crippen LogP) is 0.273. The second kappa shape index (κ2) is 6.69. The molecular formula is C16H26N4O4S. The monoisotopic (exact) mass is 370 g/mol. The first-order valence-corrected chi connectivity index (χ1v) is 10.4. The summed E-state index contributed by atoms with van der Waals surface area (Å²) in [6.07, 6.45) is 3.77. The van der Waals surface area contributed by atoms with Crippen LogP contribution in [0.1, 0.15) is 23.8 Å². The summed E-state index contributed by atoms with van der Waals surface area (Å²) in [5.41, 5.74) is 0.233. The molecule has 25 heavy (non-hydrogen) atoms. The van der Waals surface area contributed by atoms with Gasteiger partial charge in [-0.1, -0.05) is 0 Å². The second-order valence-corrected chi connectivity index (χ2v) is 9.09. The third-order valence-corrected chi connectivity index (χ3v) is 6.69. The van der Waals surface area contributed by atoms with Crippen LogP contribution in [-0.4, -0.2) is 79.5 Å². The molecule has 0 N–H and O–H groups in total. The van der Waals surface area contributed by atoms with Gasteiger partial charge in [0.1, 0.15) is 5.69 Å². The summed E-state index contributed by atoms with van der Waals surface area (Å²) in [6, 6.07) is 1.74. The molecule has 2 aliphatic rings. The Hall–Kier alpha value is -1.45. The van der Waals surface area contributed by atoms with Gasteiger partial charge in [-0.15, -0.1) is 0 Å². The van der Waals surface area contributed by atoms with Crippen LogP contribution in [0.3, 0.4) is 0 Å². The summed E-state index contributed by atoms with van der Waals surface area (Å²) < 4.78 is 32.6. The topological polar surface area (TPSA) is 84.7 Å². The summed E-state index contributed by atoms with van der Waals surface area (Å²) in [7, 11) is -1.61. The molecule has 2 saturated heterocycles. The van der Waals surface area contributed by atoms with E-state index in [9.17, 15) is 13.2 Å². The van der Waals surface area contributed by atoms with Gasteiger partial charge in [0.25, 0.3) is 5.91 Å². The predicted molar refractivity (Wildman–Crippen MR) is 92.6 cm³/mol. The maximum absolute atomic E-state index is 12.7. The Bertz CT molecular complexity index is 747. The lowest BCUT2D eigenvalue weighted by molar-refractivity contribution is 0.00320. The number of carbonyl (C=O) groups is 1. The minimum absolute atomic E-state index is 0.0770. The number of hydrogen-bond donors (Lipinski definition) is 0. The number of methoxy groups -OCH3 is 1. The lowest BCUT2D eigenvalue weighted by atomic mass is 9.73. The number of ether oxygens (including phenoxy) is 1. The van der Waals surface area contributed by atoms with Crippen LogP contribution in [0.4, 0.5) is 0 Å². The molecule has 2 aliphatic heterocycles. The van der Waals surface area contributed by atoms with Crippen molar-refractivity contribution in [3.8, 4) is 0 Å². The Labute approximate surface area is 148 Å². The number of likely N-dealkylation sites (tertiary alicyclic amines) is 1. The standard InChI is InChI=1S/C16H26N4O4S/c1-4-19-7-5-14(17-19)15(21)18-8-6-16(12-24-2)11-20(25(3,22)23)10-13(16)9-18/h5,7,13H,4,6,8-12H2,1-3H3/t13-,16+/m1/s1. The fraction of sp³-hybridized carbons (Fsp3) is 0.750. The van der Waals surface area contributed by atoms with Crippen LogP contribution in [0.25, 0.3) is 0 Å². The Morgan fingerprint density at radius 1 is 1.44 bits per heavy atom. The molecule has 2 fully saturated rings. The van der Waals surface area contributed by atoms with E-state index in [1.807, 2.05) is 6.92 Å². The number of carbonyl (C=O) groups excluding carboxylic acids is 1.